The lowest BCUT2D eigenvalue weighted by atomic mass is 10.2. The van der Waals surface area contributed by atoms with Crippen molar-refractivity contribution in [1.82, 2.24) is 15.3 Å². The van der Waals surface area contributed by atoms with E-state index in [2.05, 4.69) is 36.1 Å². The number of carbonyl (C=O) groups excluding carboxylic acids is 1. The van der Waals surface area contributed by atoms with Crippen molar-refractivity contribution in [2.45, 2.75) is 32.2 Å². The molecule has 2 aromatic rings. The summed E-state index contributed by atoms with van der Waals surface area (Å²) in [6.07, 6.45) is 2.97. The van der Waals surface area contributed by atoms with E-state index in [1.54, 1.807) is 6.92 Å². The van der Waals surface area contributed by atoms with Crippen molar-refractivity contribution in [1.29, 1.82) is 0 Å². The molecule has 1 saturated carbocycles. The quantitative estimate of drug-likeness (QED) is 0.840. The van der Waals surface area contributed by atoms with Gasteiger partial charge < -0.3 is 15.2 Å². The van der Waals surface area contributed by atoms with E-state index in [0.29, 0.717) is 16.7 Å². The summed E-state index contributed by atoms with van der Waals surface area (Å²) in [6.45, 7) is 3.40. The molecule has 1 aliphatic heterocycles. The van der Waals surface area contributed by atoms with Crippen molar-refractivity contribution >= 4 is 38.4 Å². The number of halogens is 1. The van der Waals surface area contributed by atoms with Gasteiger partial charge in [0.15, 0.2) is 0 Å². The van der Waals surface area contributed by atoms with Crippen LogP contribution in [0.15, 0.2) is 21.4 Å². The topological polar surface area (TPSA) is 78.1 Å². The Hall–Kier alpha value is -1.89. The lowest BCUT2D eigenvalue weighted by Crippen LogP contribution is -2.38. The Morgan fingerprint density at radius 2 is 2.17 bits per heavy atom. The number of carbonyl (C=O) groups is 1. The third-order valence-corrected chi connectivity index (χ3v) is 5.35. The second kappa shape index (κ2) is 5.88. The molecule has 6 nitrogen and oxygen atoms in total. The van der Waals surface area contributed by atoms with Gasteiger partial charge in [-0.1, -0.05) is 0 Å². The molecule has 2 N–H and O–H groups in total. The lowest BCUT2D eigenvalue weighted by molar-refractivity contribution is -0.122. The number of rotatable bonds is 3. The van der Waals surface area contributed by atoms with Gasteiger partial charge in [0, 0.05) is 29.5 Å². The van der Waals surface area contributed by atoms with E-state index >= 15 is 0 Å². The molecule has 0 radical (unpaired) electrons. The van der Waals surface area contributed by atoms with E-state index in [-0.39, 0.29) is 23.4 Å². The maximum Gasteiger partial charge on any atom is 0.258 e. The van der Waals surface area contributed by atoms with Crippen molar-refractivity contribution in [3.8, 4) is 0 Å². The zero-order chi connectivity index (χ0) is 16.8. The molecule has 126 valence electrons. The number of fused-ring (bicyclic) bond motifs is 1. The monoisotopic (exact) mass is 390 g/mol. The number of amides is 1. The Morgan fingerprint density at radius 3 is 2.92 bits per heavy atom. The minimum Gasteiger partial charge on any atom is -0.368 e. The third-order valence-electron chi connectivity index (χ3n) is 4.72. The van der Waals surface area contributed by atoms with Gasteiger partial charge in [-0.3, -0.25) is 9.59 Å². The van der Waals surface area contributed by atoms with Gasteiger partial charge in [0.05, 0.1) is 16.6 Å². The Kier molecular flexibility index (Phi) is 3.83. The number of aromatic nitrogens is 2. The van der Waals surface area contributed by atoms with Crippen LogP contribution in [0.25, 0.3) is 10.9 Å². The first-order valence-corrected chi connectivity index (χ1v) is 9.06. The Bertz CT molecular complexity index is 875. The summed E-state index contributed by atoms with van der Waals surface area (Å²) >= 11 is 3.60. The maximum atomic E-state index is 12.2. The van der Waals surface area contributed by atoms with E-state index in [4.69, 9.17) is 0 Å². The molecule has 4 rings (SSSR count). The number of aryl methyl sites for hydroxylation is 1. The Morgan fingerprint density at radius 1 is 1.38 bits per heavy atom. The minimum absolute atomic E-state index is 0.121. The zero-order valence-electron chi connectivity index (χ0n) is 13.4. The highest BCUT2D eigenvalue weighted by Gasteiger charge is 2.33. The first kappa shape index (κ1) is 15.6. The SMILES string of the molecule is Cc1nc2cc(Br)c(N3CCC(NC(=O)C4CC4)C3)cc2c(=O)[nH]1. The molecule has 1 aliphatic carbocycles. The fraction of sp³-hybridized carbons (Fsp3) is 0.471. The van der Waals surface area contributed by atoms with Gasteiger partial charge in [-0.2, -0.15) is 0 Å². The Labute approximate surface area is 147 Å². The van der Waals surface area contributed by atoms with Crippen molar-refractivity contribution in [3.05, 3.63) is 32.8 Å². The molecule has 1 unspecified atom stereocenters. The molecular formula is C17H19BrN4O2. The third kappa shape index (κ3) is 2.92. The first-order chi connectivity index (χ1) is 11.5. The number of hydrogen-bond acceptors (Lipinski definition) is 4. The van der Waals surface area contributed by atoms with Gasteiger partial charge in [-0.25, -0.2) is 4.98 Å². The van der Waals surface area contributed by atoms with E-state index in [9.17, 15) is 9.59 Å². The van der Waals surface area contributed by atoms with E-state index in [1.807, 2.05) is 12.1 Å². The van der Waals surface area contributed by atoms with Crippen LogP contribution in [0, 0.1) is 12.8 Å². The fourth-order valence-corrected chi connectivity index (χ4v) is 3.85. The van der Waals surface area contributed by atoms with E-state index < -0.39 is 0 Å². The second-order valence-electron chi connectivity index (χ2n) is 6.69. The molecule has 0 bridgehead atoms. The van der Waals surface area contributed by atoms with Gasteiger partial charge in [0.25, 0.3) is 5.56 Å². The van der Waals surface area contributed by atoms with Crippen molar-refractivity contribution < 1.29 is 4.79 Å². The Balaban J connectivity index is 1.58. The van der Waals surface area contributed by atoms with Crippen molar-refractivity contribution in [3.63, 3.8) is 0 Å². The summed E-state index contributed by atoms with van der Waals surface area (Å²) < 4.78 is 0.918. The number of anilines is 1. The molecule has 0 spiro atoms. The van der Waals surface area contributed by atoms with Crippen LogP contribution in [0.3, 0.4) is 0 Å². The van der Waals surface area contributed by atoms with Gasteiger partial charge in [-0.15, -0.1) is 0 Å². The number of nitrogens with zero attached hydrogens (tertiary/aromatic N) is 2. The highest BCUT2D eigenvalue weighted by molar-refractivity contribution is 9.10. The van der Waals surface area contributed by atoms with Crippen molar-refractivity contribution in [2.24, 2.45) is 5.92 Å². The van der Waals surface area contributed by atoms with Crippen molar-refractivity contribution in [2.75, 3.05) is 18.0 Å². The number of hydrogen-bond donors (Lipinski definition) is 2. The van der Waals surface area contributed by atoms with Crippen LogP contribution < -0.4 is 15.8 Å². The maximum absolute atomic E-state index is 12.2. The van der Waals surface area contributed by atoms with Crippen LogP contribution in [0.2, 0.25) is 0 Å². The molecule has 2 fully saturated rings. The smallest absolute Gasteiger partial charge is 0.258 e. The number of aromatic amines is 1. The fourth-order valence-electron chi connectivity index (χ4n) is 3.27. The largest absolute Gasteiger partial charge is 0.368 e. The second-order valence-corrected chi connectivity index (χ2v) is 7.54. The van der Waals surface area contributed by atoms with Crippen LogP contribution in [0.4, 0.5) is 5.69 Å². The van der Waals surface area contributed by atoms with Crippen LogP contribution in [0.1, 0.15) is 25.1 Å². The highest BCUT2D eigenvalue weighted by atomic mass is 79.9. The predicted molar refractivity (Wildman–Crippen MR) is 96.3 cm³/mol. The number of H-pyrrole nitrogens is 1. The minimum atomic E-state index is -0.121. The zero-order valence-corrected chi connectivity index (χ0v) is 15.0. The molecule has 2 heterocycles. The van der Waals surface area contributed by atoms with Gasteiger partial charge in [-0.05, 0) is 54.2 Å². The van der Waals surface area contributed by atoms with Crippen LogP contribution in [0.5, 0.6) is 0 Å². The van der Waals surface area contributed by atoms with E-state index in [0.717, 1.165) is 42.5 Å². The molecule has 24 heavy (non-hydrogen) atoms. The van der Waals surface area contributed by atoms with Gasteiger partial charge >= 0.3 is 0 Å². The molecule has 1 aromatic heterocycles. The predicted octanol–water partition coefficient (Wildman–Crippen LogP) is 2.10. The van der Waals surface area contributed by atoms with Crippen LogP contribution in [-0.4, -0.2) is 35.0 Å². The summed E-state index contributed by atoms with van der Waals surface area (Å²) in [5.41, 5.74) is 1.54. The lowest BCUT2D eigenvalue weighted by Gasteiger charge is -2.21. The highest BCUT2D eigenvalue weighted by Crippen LogP contribution is 2.33. The molecule has 1 amide bonds. The molecule has 2 aliphatic rings. The molecule has 1 aromatic carbocycles. The van der Waals surface area contributed by atoms with Gasteiger partial charge in [0.1, 0.15) is 5.82 Å². The van der Waals surface area contributed by atoms with E-state index in [1.165, 1.54) is 0 Å². The normalized spacial score (nSPS) is 20.6. The number of benzene rings is 1. The number of nitrogens with one attached hydrogen (secondary N) is 2. The van der Waals surface area contributed by atoms with Crippen LogP contribution in [-0.2, 0) is 4.79 Å². The first-order valence-electron chi connectivity index (χ1n) is 8.27. The standard InChI is InChI=1S/C17H19BrN4O2/c1-9-19-14-7-13(18)15(6-12(14)17(24)20-9)22-5-4-11(8-22)21-16(23)10-2-3-10/h6-7,10-11H,2-5,8H2,1H3,(H,21,23)(H,19,20,24). The molecule has 1 saturated heterocycles. The van der Waals surface area contributed by atoms with Crippen LogP contribution >= 0.6 is 15.9 Å². The molecule has 7 heteroatoms. The summed E-state index contributed by atoms with van der Waals surface area (Å²) in [4.78, 5) is 33.5. The summed E-state index contributed by atoms with van der Waals surface area (Å²) in [7, 11) is 0. The molecule has 1 atom stereocenters. The molecular weight excluding hydrogens is 372 g/mol. The summed E-state index contributed by atoms with van der Waals surface area (Å²) in [5, 5.41) is 3.73. The summed E-state index contributed by atoms with van der Waals surface area (Å²) in [5.74, 6) is 1.03. The van der Waals surface area contributed by atoms with Gasteiger partial charge in [0.2, 0.25) is 5.91 Å². The average Bonchev–Trinajstić information content (AvgIpc) is 3.27. The summed E-state index contributed by atoms with van der Waals surface area (Å²) in [6, 6.07) is 3.95. The average molecular weight is 391 g/mol.